The van der Waals surface area contributed by atoms with Crippen LogP contribution in [0, 0.1) is 0 Å². The van der Waals surface area contributed by atoms with E-state index in [2.05, 4.69) is 34.2 Å². The molecule has 1 aliphatic heterocycles. The van der Waals surface area contributed by atoms with E-state index in [4.69, 9.17) is 0 Å². The first-order chi connectivity index (χ1) is 14.3. The molecule has 144 valence electrons. The Bertz CT molecular complexity index is 1140. The van der Waals surface area contributed by atoms with Gasteiger partial charge in [0.1, 0.15) is 0 Å². The Morgan fingerprint density at radius 1 is 1.07 bits per heavy atom. The molecule has 0 fully saturated rings. The predicted octanol–water partition coefficient (Wildman–Crippen LogP) is 4.83. The third-order valence-corrected chi connectivity index (χ3v) is 6.46. The number of aromatic nitrogens is 2. The first-order valence-corrected chi connectivity index (χ1v) is 10.8. The van der Waals surface area contributed by atoms with Crippen molar-refractivity contribution in [2.24, 2.45) is 0 Å². The number of fused-ring (bicyclic) bond motifs is 3. The number of H-pyrrole nitrogens is 1. The van der Waals surface area contributed by atoms with Crippen LogP contribution in [0.3, 0.4) is 0 Å². The van der Waals surface area contributed by atoms with E-state index < -0.39 is 0 Å². The van der Waals surface area contributed by atoms with Gasteiger partial charge in [-0.15, -0.1) is 11.8 Å². The van der Waals surface area contributed by atoms with Gasteiger partial charge in [0, 0.05) is 40.4 Å². The number of benzene rings is 2. The molecule has 0 saturated heterocycles. The smallest absolute Gasteiger partial charge is 0.233 e. The number of nitrogens with zero attached hydrogens (tertiary/aromatic N) is 2. The van der Waals surface area contributed by atoms with E-state index in [1.807, 2.05) is 53.6 Å². The average molecular weight is 400 g/mol. The van der Waals surface area contributed by atoms with E-state index in [0.29, 0.717) is 12.3 Å². The zero-order chi connectivity index (χ0) is 19.6. The van der Waals surface area contributed by atoms with Crippen molar-refractivity contribution in [3.05, 3.63) is 95.9 Å². The molecule has 0 spiro atoms. The number of amides is 1. The van der Waals surface area contributed by atoms with Crippen LogP contribution in [0.25, 0.3) is 10.9 Å². The molecule has 4 aromatic rings. The lowest BCUT2D eigenvalue weighted by atomic mass is 9.93. The van der Waals surface area contributed by atoms with Crippen LogP contribution >= 0.6 is 11.8 Å². The van der Waals surface area contributed by atoms with Crippen LogP contribution in [-0.4, -0.2) is 33.1 Å². The fourth-order valence-electron chi connectivity index (χ4n) is 4.14. The Labute approximate surface area is 174 Å². The highest BCUT2D eigenvalue weighted by atomic mass is 32.2. The minimum atomic E-state index is -0.135. The summed E-state index contributed by atoms with van der Waals surface area (Å²) in [7, 11) is 0. The molecular formula is C24H21N3OS. The average Bonchev–Trinajstić information content (AvgIpc) is 3.17. The minimum Gasteiger partial charge on any atom is -0.356 e. The Balaban J connectivity index is 1.50. The zero-order valence-electron chi connectivity index (χ0n) is 15.9. The molecule has 0 unspecified atom stereocenters. The maximum atomic E-state index is 13.3. The fourth-order valence-corrected chi connectivity index (χ4v) is 4.94. The van der Waals surface area contributed by atoms with E-state index in [1.165, 1.54) is 10.9 Å². The van der Waals surface area contributed by atoms with E-state index >= 15 is 0 Å². The van der Waals surface area contributed by atoms with Crippen molar-refractivity contribution in [2.45, 2.75) is 17.4 Å². The molecule has 2 aromatic heterocycles. The van der Waals surface area contributed by atoms with E-state index in [-0.39, 0.29) is 11.9 Å². The first kappa shape index (κ1) is 18.0. The molecule has 0 radical (unpaired) electrons. The summed E-state index contributed by atoms with van der Waals surface area (Å²) in [5.41, 5.74) is 4.59. The summed E-state index contributed by atoms with van der Waals surface area (Å²) in [6, 6.07) is 22.3. The Morgan fingerprint density at radius 2 is 1.90 bits per heavy atom. The van der Waals surface area contributed by atoms with Crippen molar-refractivity contribution >= 4 is 28.6 Å². The SMILES string of the molecule is O=C(CSc1ccccc1)N1CCc2c([nH]c3ccccc23)[C@@H]1c1cccnc1. The summed E-state index contributed by atoms with van der Waals surface area (Å²) in [6.45, 7) is 0.711. The second kappa shape index (κ2) is 7.76. The summed E-state index contributed by atoms with van der Waals surface area (Å²) >= 11 is 1.59. The maximum Gasteiger partial charge on any atom is 0.233 e. The number of hydrogen-bond acceptors (Lipinski definition) is 3. The van der Waals surface area contributed by atoms with Crippen molar-refractivity contribution in [1.29, 1.82) is 0 Å². The summed E-state index contributed by atoms with van der Waals surface area (Å²) < 4.78 is 0. The first-order valence-electron chi connectivity index (χ1n) is 9.78. The number of para-hydroxylation sites is 1. The second-order valence-corrected chi connectivity index (χ2v) is 8.24. The Kier molecular flexibility index (Phi) is 4.82. The van der Waals surface area contributed by atoms with E-state index in [0.717, 1.165) is 28.1 Å². The largest absolute Gasteiger partial charge is 0.356 e. The third kappa shape index (κ3) is 3.42. The number of nitrogens with one attached hydrogen (secondary N) is 1. The number of thioether (sulfide) groups is 1. The topological polar surface area (TPSA) is 49.0 Å². The molecule has 4 nitrogen and oxygen atoms in total. The number of hydrogen-bond donors (Lipinski definition) is 1. The number of pyridine rings is 1. The van der Waals surface area contributed by atoms with Gasteiger partial charge in [-0.05, 0) is 41.8 Å². The van der Waals surface area contributed by atoms with Crippen LogP contribution in [0.5, 0.6) is 0 Å². The highest BCUT2D eigenvalue weighted by Crippen LogP contribution is 2.38. The van der Waals surface area contributed by atoms with Crippen LogP contribution in [-0.2, 0) is 11.2 Å². The van der Waals surface area contributed by atoms with Crippen molar-refractivity contribution in [3.8, 4) is 0 Å². The quantitative estimate of drug-likeness (QED) is 0.500. The summed E-state index contributed by atoms with van der Waals surface area (Å²) in [4.78, 5) is 24.3. The number of rotatable bonds is 4. The zero-order valence-corrected chi connectivity index (χ0v) is 16.7. The van der Waals surface area contributed by atoms with Gasteiger partial charge in [-0.25, -0.2) is 0 Å². The second-order valence-electron chi connectivity index (χ2n) is 7.19. The lowest BCUT2D eigenvalue weighted by molar-refractivity contribution is -0.130. The molecule has 1 N–H and O–H groups in total. The van der Waals surface area contributed by atoms with Gasteiger partial charge in [0.2, 0.25) is 5.91 Å². The standard InChI is InChI=1S/C24H21N3OS/c28-22(16-29-18-8-2-1-3-9-18)27-14-12-20-19-10-4-5-11-21(19)26-23(20)24(27)17-7-6-13-25-15-17/h1-11,13,15,24,26H,12,14,16H2/t24-/m0/s1. The molecule has 2 aromatic carbocycles. The fraction of sp³-hybridized carbons (Fsp3) is 0.167. The van der Waals surface area contributed by atoms with Gasteiger partial charge in [0.05, 0.1) is 11.8 Å². The third-order valence-electron chi connectivity index (χ3n) is 5.46. The van der Waals surface area contributed by atoms with Gasteiger partial charge in [0.25, 0.3) is 0 Å². The van der Waals surface area contributed by atoms with Gasteiger partial charge >= 0.3 is 0 Å². The van der Waals surface area contributed by atoms with Crippen molar-refractivity contribution in [2.75, 3.05) is 12.3 Å². The highest BCUT2D eigenvalue weighted by Gasteiger charge is 2.34. The van der Waals surface area contributed by atoms with E-state index in [1.54, 1.807) is 18.0 Å². The van der Waals surface area contributed by atoms with Crippen LogP contribution in [0.2, 0.25) is 0 Å². The van der Waals surface area contributed by atoms with Crippen molar-refractivity contribution in [3.63, 3.8) is 0 Å². The van der Waals surface area contributed by atoms with Gasteiger partial charge in [-0.2, -0.15) is 0 Å². The van der Waals surface area contributed by atoms with Gasteiger partial charge in [-0.3, -0.25) is 9.78 Å². The molecule has 5 heteroatoms. The van der Waals surface area contributed by atoms with Gasteiger partial charge in [-0.1, -0.05) is 42.5 Å². The summed E-state index contributed by atoms with van der Waals surface area (Å²) in [5, 5.41) is 1.25. The molecule has 1 amide bonds. The molecule has 0 saturated carbocycles. The van der Waals surface area contributed by atoms with Crippen LogP contribution in [0.15, 0.2) is 84.0 Å². The lowest BCUT2D eigenvalue weighted by Crippen LogP contribution is -2.41. The van der Waals surface area contributed by atoms with Crippen molar-refractivity contribution < 1.29 is 4.79 Å². The molecule has 0 aliphatic carbocycles. The molecular weight excluding hydrogens is 378 g/mol. The van der Waals surface area contributed by atoms with Crippen LogP contribution in [0.1, 0.15) is 22.9 Å². The molecule has 5 rings (SSSR count). The van der Waals surface area contributed by atoms with Gasteiger partial charge in [0.15, 0.2) is 0 Å². The van der Waals surface area contributed by atoms with Gasteiger partial charge < -0.3 is 9.88 Å². The van der Waals surface area contributed by atoms with E-state index in [9.17, 15) is 4.79 Å². The maximum absolute atomic E-state index is 13.3. The Hall–Kier alpha value is -3.05. The summed E-state index contributed by atoms with van der Waals surface area (Å²) in [6.07, 6.45) is 4.50. The normalized spacial score (nSPS) is 16.0. The lowest BCUT2D eigenvalue weighted by Gasteiger charge is -2.36. The molecule has 0 bridgehead atoms. The molecule has 1 aliphatic rings. The highest BCUT2D eigenvalue weighted by molar-refractivity contribution is 8.00. The Morgan fingerprint density at radius 3 is 2.72 bits per heavy atom. The number of aromatic amines is 1. The van der Waals surface area contributed by atoms with Crippen LogP contribution in [0.4, 0.5) is 0 Å². The molecule has 3 heterocycles. The van der Waals surface area contributed by atoms with Crippen LogP contribution < -0.4 is 0 Å². The summed E-state index contributed by atoms with van der Waals surface area (Å²) in [5.74, 6) is 0.577. The number of carbonyl (C=O) groups excluding carboxylic acids is 1. The molecule has 1 atom stereocenters. The predicted molar refractivity (Wildman–Crippen MR) is 117 cm³/mol. The number of carbonyl (C=O) groups is 1. The molecule has 29 heavy (non-hydrogen) atoms. The monoisotopic (exact) mass is 399 g/mol. The van der Waals surface area contributed by atoms with Crippen molar-refractivity contribution in [1.82, 2.24) is 14.9 Å². The minimum absolute atomic E-state index is 0.135.